The number of rotatable bonds is 7. The van der Waals surface area contributed by atoms with Crippen LogP contribution in [0, 0.1) is 0 Å². The van der Waals surface area contributed by atoms with Crippen molar-refractivity contribution >= 4 is 40.2 Å². The number of ether oxygens (including phenoxy) is 1. The summed E-state index contributed by atoms with van der Waals surface area (Å²) in [6.45, 7) is 4.05. The van der Waals surface area contributed by atoms with E-state index in [9.17, 15) is 4.79 Å². The van der Waals surface area contributed by atoms with Gasteiger partial charge in [0, 0.05) is 16.3 Å². The number of hydrazone groups is 1. The van der Waals surface area contributed by atoms with Gasteiger partial charge in [-0.2, -0.15) is 5.10 Å². The molecular weight excluding hydrogens is 374 g/mol. The minimum Gasteiger partial charge on any atom is -0.490 e. The summed E-state index contributed by atoms with van der Waals surface area (Å²) in [4.78, 5) is 12.1. The molecule has 28 heavy (non-hydrogen) atoms. The Morgan fingerprint density at radius 1 is 1.11 bits per heavy atom. The number of anilines is 1. The molecule has 3 aromatic rings. The van der Waals surface area contributed by atoms with Crippen molar-refractivity contribution in [2.75, 3.05) is 11.9 Å². The third-order valence-corrected chi connectivity index (χ3v) is 4.23. The van der Waals surface area contributed by atoms with Crippen LogP contribution < -0.4 is 15.5 Å². The van der Waals surface area contributed by atoms with Crippen LogP contribution in [0.1, 0.15) is 19.4 Å². The van der Waals surface area contributed by atoms with Gasteiger partial charge in [0.05, 0.1) is 18.9 Å². The van der Waals surface area contributed by atoms with Gasteiger partial charge in [-0.25, -0.2) is 5.43 Å². The van der Waals surface area contributed by atoms with Crippen molar-refractivity contribution in [3.05, 3.63) is 71.2 Å². The maximum absolute atomic E-state index is 12.1. The van der Waals surface area contributed by atoms with Crippen LogP contribution in [0.3, 0.4) is 0 Å². The van der Waals surface area contributed by atoms with E-state index in [1.54, 1.807) is 18.3 Å². The van der Waals surface area contributed by atoms with E-state index in [2.05, 4.69) is 15.8 Å². The number of halogens is 1. The first-order valence-electron chi connectivity index (χ1n) is 9.02. The van der Waals surface area contributed by atoms with Crippen molar-refractivity contribution in [3.63, 3.8) is 0 Å². The SMILES string of the molecule is CC(C)Oc1ccc2ccccc2c1/C=N\NC(=O)CNc1ccc(Cl)cc1. The van der Waals surface area contributed by atoms with Crippen LogP contribution in [0.15, 0.2) is 65.8 Å². The molecule has 0 aliphatic rings. The maximum atomic E-state index is 12.1. The predicted molar refractivity (Wildman–Crippen MR) is 115 cm³/mol. The molecule has 2 N–H and O–H groups in total. The van der Waals surface area contributed by atoms with E-state index in [0.29, 0.717) is 5.02 Å². The first kappa shape index (κ1) is 19.7. The molecule has 3 aromatic carbocycles. The van der Waals surface area contributed by atoms with Crippen LogP contribution in [0.5, 0.6) is 5.75 Å². The van der Waals surface area contributed by atoms with E-state index < -0.39 is 0 Å². The fourth-order valence-corrected chi connectivity index (χ4v) is 2.85. The summed E-state index contributed by atoms with van der Waals surface area (Å²) in [5.74, 6) is 0.476. The standard InChI is InChI=1S/C22H22ClN3O2/c1-15(2)28-21-12-7-16-5-3-4-6-19(16)20(21)13-25-26-22(27)14-24-18-10-8-17(23)9-11-18/h3-13,15,24H,14H2,1-2H3,(H,26,27)/b25-13-. The van der Waals surface area contributed by atoms with Gasteiger partial charge in [0.1, 0.15) is 5.75 Å². The molecule has 0 aromatic heterocycles. The largest absolute Gasteiger partial charge is 0.490 e. The molecule has 0 unspecified atom stereocenters. The van der Waals surface area contributed by atoms with E-state index in [4.69, 9.17) is 16.3 Å². The van der Waals surface area contributed by atoms with Crippen LogP contribution >= 0.6 is 11.6 Å². The van der Waals surface area contributed by atoms with Crippen molar-refractivity contribution in [3.8, 4) is 5.75 Å². The third kappa shape index (κ3) is 5.24. The lowest BCUT2D eigenvalue weighted by Crippen LogP contribution is -2.25. The highest BCUT2D eigenvalue weighted by molar-refractivity contribution is 6.30. The number of nitrogens with zero attached hydrogens (tertiary/aromatic N) is 1. The van der Waals surface area contributed by atoms with Crippen LogP contribution in [0.25, 0.3) is 10.8 Å². The number of nitrogens with one attached hydrogen (secondary N) is 2. The van der Waals surface area contributed by atoms with Crippen LogP contribution in [-0.4, -0.2) is 24.8 Å². The van der Waals surface area contributed by atoms with Crippen molar-refractivity contribution in [1.82, 2.24) is 5.43 Å². The normalized spacial score (nSPS) is 11.1. The maximum Gasteiger partial charge on any atom is 0.259 e. The molecule has 5 nitrogen and oxygen atoms in total. The average molecular weight is 396 g/mol. The number of fused-ring (bicyclic) bond motifs is 1. The molecule has 3 rings (SSSR count). The van der Waals surface area contributed by atoms with Crippen molar-refractivity contribution in [1.29, 1.82) is 0 Å². The molecule has 0 saturated heterocycles. The van der Waals surface area contributed by atoms with Gasteiger partial charge in [-0.3, -0.25) is 4.79 Å². The lowest BCUT2D eigenvalue weighted by atomic mass is 10.0. The Labute approximate surface area is 169 Å². The van der Waals surface area contributed by atoms with Gasteiger partial charge in [0.15, 0.2) is 0 Å². The Hall–Kier alpha value is -3.05. The summed E-state index contributed by atoms with van der Waals surface area (Å²) in [6.07, 6.45) is 1.66. The second-order valence-electron chi connectivity index (χ2n) is 6.52. The summed E-state index contributed by atoms with van der Waals surface area (Å²) in [7, 11) is 0. The van der Waals surface area contributed by atoms with Gasteiger partial charge in [-0.15, -0.1) is 0 Å². The number of hydrogen-bond donors (Lipinski definition) is 2. The zero-order chi connectivity index (χ0) is 19.9. The highest BCUT2D eigenvalue weighted by Crippen LogP contribution is 2.27. The molecule has 0 saturated carbocycles. The summed E-state index contributed by atoms with van der Waals surface area (Å²) in [5.41, 5.74) is 4.19. The van der Waals surface area contributed by atoms with Crippen LogP contribution in [-0.2, 0) is 4.79 Å². The van der Waals surface area contributed by atoms with Crippen molar-refractivity contribution < 1.29 is 9.53 Å². The molecule has 0 fully saturated rings. The fraction of sp³-hybridized carbons (Fsp3) is 0.182. The van der Waals surface area contributed by atoms with E-state index in [1.165, 1.54) is 0 Å². The first-order valence-corrected chi connectivity index (χ1v) is 9.40. The smallest absolute Gasteiger partial charge is 0.259 e. The Kier molecular flexibility index (Phi) is 6.50. The van der Waals surface area contributed by atoms with Gasteiger partial charge in [0.2, 0.25) is 0 Å². The van der Waals surface area contributed by atoms with E-state index in [1.807, 2.05) is 62.4 Å². The van der Waals surface area contributed by atoms with E-state index in [-0.39, 0.29) is 18.6 Å². The number of carbonyl (C=O) groups excluding carboxylic acids is 1. The number of benzene rings is 3. The zero-order valence-corrected chi connectivity index (χ0v) is 16.5. The molecule has 6 heteroatoms. The third-order valence-electron chi connectivity index (χ3n) is 3.97. The Morgan fingerprint density at radius 3 is 2.61 bits per heavy atom. The highest BCUT2D eigenvalue weighted by atomic mass is 35.5. The second-order valence-corrected chi connectivity index (χ2v) is 6.96. The summed E-state index contributed by atoms with van der Waals surface area (Å²) in [6, 6.07) is 19.1. The molecule has 144 valence electrons. The predicted octanol–water partition coefficient (Wildman–Crippen LogP) is 4.84. The Balaban J connectivity index is 1.69. The monoisotopic (exact) mass is 395 g/mol. The molecule has 0 radical (unpaired) electrons. The molecule has 0 aliphatic heterocycles. The Morgan fingerprint density at radius 2 is 1.86 bits per heavy atom. The Bertz CT molecular complexity index is 985. The molecule has 0 bridgehead atoms. The van der Waals surface area contributed by atoms with Gasteiger partial charge >= 0.3 is 0 Å². The van der Waals surface area contributed by atoms with Crippen LogP contribution in [0.4, 0.5) is 5.69 Å². The summed E-state index contributed by atoms with van der Waals surface area (Å²) in [5, 5.41) is 9.88. The molecule has 0 heterocycles. The first-order chi connectivity index (χ1) is 13.5. The number of carbonyl (C=O) groups is 1. The summed E-state index contributed by atoms with van der Waals surface area (Å²) >= 11 is 5.85. The molecule has 0 atom stereocenters. The second kappa shape index (κ2) is 9.24. The minimum absolute atomic E-state index is 0.0338. The topological polar surface area (TPSA) is 62.7 Å². The lowest BCUT2D eigenvalue weighted by molar-refractivity contribution is -0.119. The van der Waals surface area contributed by atoms with E-state index >= 15 is 0 Å². The van der Waals surface area contributed by atoms with Gasteiger partial charge in [-0.05, 0) is 55.0 Å². The molecule has 1 amide bonds. The number of amides is 1. The van der Waals surface area contributed by atoms with Gasteiger partial charge in [-0.1, -0.05) is 41.9 Å². The van der Waals surface area contributed by atoms with Gasteiger partial charge < -0.3 is 10.1 Å². The van der Waals surface area contributed by atoms with Crippen LogP contribution in [0.2, 0.25) is 5.02 Å². The van der Waals surface area contributed by atoms with Crippen molar-refractivity contribution in [2.24, 2.45) is 5.10 Å². The zero-order valence-electron chi connectivity index (χ0n) is 15.8. The van der Waals surface area contributed by atoms with Crippen molar-refractivity contribution in [2.45, 2.75) is 20.0 Å². The fourth-order valence-electron chi connectivity index (χ4n) is 2.72. The quantitative estimate of drug-likeness (QED) is 0.444. The molecule has 0 spiro atoms. The lowest BCUT2D eigenvalue weighted by Gasteiger charge is -2.14. The van der Waals surface area contributed by atoms with E-state index in [0.717, 1.165) is 27.8 Å². The molecule has 0 aliphatic carbocycles. The average Bonchev–Trinajstić information content (AvgIpc) is 2.68. The highest BCUT2D eigenvalue weighted by Gasteiger charge is 2.09. The van der Waals surface area contributed by atoms with Gasteiger partial charge in [0.25, 0.3) is 5.91 Å². The number of hydrogen-bond acceptors (Lipinski definition) is 4. The minimum atomic E-state index is -0.252. The molecular formula is C22H22ClN3O2. The summed E-state index contributed by atoms with van der Waals surface area (Å²) < 4.78 is 5.90.